The quantitative estimate of drug-likeness (QED) is 0.798. The molecule has 2 aromatic rings. The third kappa shape index (κ3) is 3.21. The monoisotopic (exact) mass is 287 g/mol. The Morgan fingerprint density at radius 1 is 1.00 bits per heavy atom. The van der Waals surface area contributed by atoms with Gasteiger partial charge in [0.25, 0.3) is 0 Å². The Balaban J connectivity index is 2.16. The average Bonchev–Trinajstić information content (AvgIpc) is 2.39. The van der Waals surface area contributed by atoms with Crippen LogP contribution < -0.4 is 5.32 Å². The fourth-order valence-electron chi connectivity index (χ4n) is 1.66. The van der Waals surface area contributed by atoms with Gasteiger partial charge in [0.05, 0.1) is 6.04 Å². The van der Waals surface area contributed by atoms with Crippen molar-refractivity contribution in [2.45, 2.75) is 6.04 Å². The summed E-state index contributed by atoms with van der Waals surface area (Å²) in [6.07, 6.45) is 1.91. The minimum absolute atomic E-state index is 0.136. The molecular weight excluding hydrogens is 274 g/mol. The van der Waals surface area contributed by atoms with Gasteiger partial charge in [0, 0.05) is 10.2 Å². The summed E-state index contributed by atoms with van der Waals surface area (Å²) < 4.78 is 1.08. The molecule has 2 aromatic carbocycles. The van der Waals surface area contributed by atoms with E-state index in [-0.39, 0.29) is 6.04 Å². The van der Waals surface area contributed by atoms with E-state index < -0.39 is 0 Å². The molecular formula is C15H14BrN. The normalized spacial score (nSPS) is 11.8. The molecule has 2 rings (SSSR count). The molecule has 1 nitrogen and oxygen atoms in total. The van der Waals surface area contributed by atoms with E-state index >= 15 is 0 Å². The highest BCUT2D eigenvalue weighted by Gasteiger charge is 2.05. The number of benzene rings is 2. The van der Waals surface area contributed by atoms with Crippen LogP contribution in [0.4, 0.5) is 5.69 Å². The van der Waals surface area contributed by atoms with E-state index in [1.54, 1.807) is 0 Å². The first-order valence-corrected chi connectivity index (χ1v) is 6.28. The Bertz CT molecular complexity index is 476. The number of halogens is 1. The van der Waals surface area contributed by atoms with Crippen LogP contribution in [-0.4, -0.2) is 0 Å². The minimum Gasteiger partial charge on any atom is -0.375 e. The highest BCUT2D eigenvalue weighted by atomic mass is 79.9. The Hall–Kier alpha value is -1.54. The van der Waals surface area contributed by atoms with Crippen molar-refractivity contribution in [3.05, 3.63) is 77.3 Å². The van der Waals surface area contributed by atoms with Gasteiger partial charge < -0.3 is 5.32 Å². The predicted molar refractivity (Wildman–Crippen MR) is 77.1 cm³/mol. The van der Waals surface area contributed by atoms with E-state index in [2.05, 4.69) is 40.0 Å². The summed E-state index contributed by atoms with van der Waals surface area (Å²) >= 11 is 3.43. The molecule has 0 aliphatic rings. The molecule has 2 heteroatoms. The molecule has 0 amide bonds. The van der Waals surface area contributed by atoms with Crippen molar-refractivity contribution < 1.29 is 0 Å². The first-order valence-electron chi connectivity index (χ1n) is 5.49. The van der Waals surface area contributed by atoms with Crippen molar-refractivity contribution in [1.29, 1.82) is 0 Å². The lowest BCUT2D eigenvalue weighted by atomic mass is 10.1. The minimum atomic E-state index is 0.136. The number of hydrogen-bond acceptors (Lipinski definition) is 1. The smallest absolute Gasteiger partial charge is 0.0695 e. The molecule has 1 atom stereocenters. The van der Waals surface area contributed by atoms with Crippen LogP contribution >= 0.6 is 15.9 Å². The zero-order chi connectivity index (χ0) is 12.1. The summed E-state index contributed by atoms with van der Waals surface area (Å²) in [5.74, 6) is 0. The molecule has 0 bridgehead atoms. The van der Waals surface area contributed by atoms with Crippen LogP contribution in [0.1, 0.15) is 11.6 Å². The highest BCUT2D eigenvalue weighted by Crippen LogP contribution is 2.21. The van der Waals surface area contributed by atoms with Gasteiger partial charge in [-0.2, -0.15) is 0 Å². The first kappa shape index (κ1) is 11.9. The van der Waals surface area contributed by atoms with Crippen LogP contribution in [-0.2, 0) is 0 Å². The SMILES string of the molecule is C=CC(Nc1ccc(Br)cc1)c1ccccc1. The first-order chi connectivity index (χ1) is 8.29. The van der Waals surface area contributed by atoms with E-state index in [0.29, 0.717) is 0 Å². The molecule has 0 saturated carbocycles. The van der Waals surface area contributed by atoms with Crippen molar-refractivity contribution in [2.24, 2.45) is 0 Å². The standard InChI is InChI=1S/C15H14BrN/c1-2-15(12-6-4-3-5-7-12)17-14-10-8-13(16)9-11-14/h2-11,15,17H,1H2. The summed E-state index contributed by atoms with van der Waals surface area (Å²) in [7, 11) is 0. The maximum atomic E-state index is 3.88. The molecule has 0 aliphatic carbocycles. The average molecular weight is 288 g/mol. The molecule has 0 aliphatic heterocycles. The molecule has 0 fully saturated rings. The Kier molecular flexibility index (Phi) is 3.99. The highest BCUT2D eigenvalue weighted by molar-refractivity contribution is 9.10. The second-order valence-electron chi connectivity index (χ2n) is 3.78. The Morgan fingerprint density at radius 2 is 1.65 bits per heavy atom. The van der Waals surface area contributed by atoms with Crippen LogP contribution in [0.5, 0.6) is 0 Å². The Morgan fingerprint density at radius 3 is 2.24 bits per heavy atom. The lowest BCUT2D eigenvalue weighted by Crippen LogP contribution is -2.07. The van der Waals surface area contributed by atoms with Gasteiger partial charge in [0.2, 0.25) is 0 Å². The van der Waals surface area contributed by atoms with Gasteiger partial charge in [0.15, 0.2) is 0 Å². The van der Waals surface area contributed by atoms with E-state index in [1.165, 1.54) is 5.56 Å². The largest absolute Gasteiger partial charge is 0.375 e. The second-order valence-corrected chi connectivity index (χ2v) is 4.69. The molecule has 0 aromatic heterocycles. The lowest BCUT2D eigenvalue weighted by molar-refractivity contribution is 0.988. The van der Waals surface area contributed by atoms with Crippen LogP contribution in [0, 0.1) is 0 Å². The third-order valence-electron chi connectivity index (χ3n) is 2.56. The fourth-order valence-corrected chi connectivity index (χ4v) is 1.93. The van der Waals surface area contributed by atoms with Crippen molar-refractivity contribution in [3.8, 4) is 0 Å². The van der Waals surface area contributed by atoms with Gasteiger partial charge in [0.1, 0.15) is 0 Å². The molecule has 17 heavy (non-hydrogen) atoms. The molecule has 0 saturated heterocycles. The van der Waals surface area contributed by atoms with Crippen molar-refractivity contribution >= 4 is 21.6 Å². The van der Waals surface area contributed by atoms with Crippen LogP contribution in [0.25, 0.3) is 0 Å². The van der Waals surface area contributed by atoms with Crippen LogP contribution in [0.15, 0.2) is 71.7 Å². The molecule has 0 heterocycles. The van der Waals surface area contributed by atoms with E-state index in [9.17, 15) is 0 Å². The third-order valence-corrected chi connectivity index (χ3v) is 3.09. The van der Waals surface area contributed by atoms with E-state index in [1.807, 2.05) is 48.5 Å². The van der Waals surface area contributed by atoms with Crippen molar-refractivity contribution in [2.75, 3.05) is 5.32 Å². The predicted octanol–water partition coefficient (Wildman–Crippen LogP) is 4.79. The van der Waals surface area contributed by atoms with Crippen LogP contribution in [0.2, 0.25) is 0 Å². The van der Waals surface area contributed by atoms with E-state index in [0.717, 1.165) is 10.2 Å². The van der Waals surface area contributed by atoms with Gasteiger partial charge in [-0.15, -0.1) is 6.58 Å². The number of rotatable bonds is 4. The summed E-state index contributed by atoms with van der Waals surface area (Å²) in [5.41, 5.74) is 2.30. The number of nitrogens with one attached hydrogen (secondary N) is 1. The molecule has 1 unspecified atom stereocenters. The molecule has 86 valence electrons. The summed E-state index contributed by atoms with van der Waals surface area (Å²) in [5, 5.41) is 3.43. The maximum absolute atomic E-state index is 3.88. The van der Waals surface area contributed by atoms with Crippen LogP contribution in [0.3, 0.4) is 0 Å². The lowest BCUT2D eigenvalue weighted by Gasteiger charge is -2.16. The van der Waals surface area contributed by atoms with Crippen molar-refractivity contribution in [3.63, 3.8) is 0 Å². The maximum Gasteiger partial charge on any atom is 0.0695 e. The van der Waals surface area contributed by atoms with Gasteiger partial charge in [-0.25, -0.2) is 0 Å². The Labute approximate surface area is 110 Å². The van der Waals surface area contributed by atoms with Gasteiger partial charge in [-0.1, -0.05) is 52.3 Å². The fraction of sp³-hybridized carbons (Fsp3) is 0.0667. The van der Waals surface area contributed by atoms with Crippen molar-refractivity contribution in [1.82, 2.24) is 0 Å². The molecule has 0 spiro atoms. The summed E-state index contributed by atoms with van der Waals surface area (Å²) in [6, 6.07) is 18.6. The summed E-state index contributed by atoms with van der Waals surface area (Å²) in [6.45, 7) is 3.88. The summed E-state index contributed by atoms with van der Waals surface area (Å²) in [4.78, 5) is 0. The molecule has 0 radical (unpaired) electrons. The molecule has 1 N–H and O–H groups in total. The number of anilines is 1. The zero-order valence-electron chi connectivity index (χ0n) is 9.44. The number of hydrogen-bond donors (Lipinski definition) is 1. The van der Waals surface area contributed by atoms with Gasteiger partial charge in [-0.05, 0) is 29.8 Å². The van der Waals surface area contributed by atoms with Gasteiger partial charge >= 0.3 is 0 Å². The van der Waals surface area contributed by atoms with E-state index in [4.69, 9.17) is 0 Å². The van der Waals surface area contributed by atoms with Gasteiger partial charge in [-0.3, -0.25) is 0 Å². The second kappa shape index (κ2) is 5.69. The zero-order valence-corrected chi connectivity index (χ0v) is 11.0. The topological polar surface area (TPSA) is 12.0 Å².